The van der Waals surface area contributed by atoms with Gasteiger partial charge in [0.05, 0.1) is 11.8 Å². The van der Waals surface area contributed by atoms with Crippen LogP contribution in [-0.4, -0.2) is 24.2 Å². The average Bonchev–Trinajstić information content (AvgIpc) is 3.03. The zero-order valence-corrected chi connectivity index (χ0v) is 11.2. The number of carbonyl (C=O) groups excluding carboxylic acids is 1. The van der Waals surface area contributed by atoms with E-state index in [9.17, 15) is 4.79 Å². The highest BCUT2D eigenvalue weighted by molar-refractivity contribution is 6.03. The van der Waals surface area contributed by atoms with Crippen LogP contribution in [0.15, 0.2) is 41.2 Å². The normalized spacial score (nSPS) is 15.1. The van der Waals surface area contributed by atoms with Crippen molar-refractivity contribution in [1.29, 1.82) is 0 Å². The number of hydrogen-bond acceptors (Lipinski definition) is 4. The van der Waals surface area contributed by atoms with E-state index in [1.807, 2.05) is 12.1 Å². The molecule has 0 aliphatic carbocycles. The number of aromatic nitrogens is 1. The van der Waals surface area contributed by atoms with Crippen molar-refractivity contribution >= 4 is 17.3 Å². The maximum absolute atomic E-state index is 11.8. The van der Waals surface area contributed by atoms with E-state index in [1.54, 1.807) is 0 Å². The topological polar surface area (TPSA) is 58.4 Å². The van der Waals surface area contributed by atoms with Crippen molar-refractivity contribution in [2.75, 3.05) is 23.3 Å². The molecule has 3 rings (SSSR count). The van der Waals surface area contributed by atoms with Crippen LogP contribution in [0.1, 0.15) is 29.6 Å². The van der Waals surface area contributed by atoms with Gasteiger partial charge in [-0.2, -0.15) is 0 Å². The number of benzene rings is 1. The molecule has 0 radical (unpaired) electrons. The summed E-state index contributed by atoms with van der Waals surface area (Å²) in [5.74, 6) is -0.211. The highest BCUT2D eigenvalue weighted by Crippen LogP contribution is 2.22. The molecule has 5 nitrogen and oxygen atoms in total. The Morgan fingerprint density at radius 2 is 1.90 bits per heavy atom. The Morgan fingerprint density at radius 3 is 2.55 bits per heavy atom. The fourth-order valence-corrected chi connectivity index (χ4v) is 2.43. The number of rotatable bonds is 3. The molecule has 1 aliphatic rings. The first kappa shape index (κ1) is 12.7. The van der Waals surface area contributed by atoms with E-state index in [1.165, 1.54) is 37.4 Å². The molecule has 0 bridgehead atoms. The van der Waals surface area contributed by atoms with Gasteiger partial charge in [0.2, 0.25) is 0 Å². The summed E-state index contributed by atoms with van der Waals surface area (Å²) in [7, 11) is 0. The van der Waals surface area contributed by atoms with Crippen molar-refractivity contribution < 1.29 is 9.32 Å². The maximum Gasteiger partial charge on any atom is 0.260 e. The minimum absolute atomic E-state index is 0.211. The first-order valence-electron chi connectivity index (χ1n) is 6.89. The minimum atomic E-state index is -0.211. The Morgan fingerprint density at radius 1 is 1.15 bits per heavy atom. The summed E-state index contributed by atoms with van der Waals surface area (Å²) >= 11 is 0. The van der Waals surface area contributed by atoms with Crippen molar-refractivity contribution in [2.45, 2.75) is 19.3 Å². The number of piperidine rings is 1. The molecule has 1 aromatic heterocycles. The Labute approximate surface area is 117 Å². The van der Waals surface area contributed by atoms with Gasteiger partial charge >= 0.3 is 0 Å². The van der Waals surface area contributed by atoms with Crippen LogP contribution in [0, 0.1) is 0 Å². The van der Waals surface area contributed by atoms with Crippen molar-refractivity contribution in [3.05, 3.63) is 42.3 Å². The average molecular weight is 271 g/mol. The van der Waals surface area contributed by atoms with Crippen LogP contribution in [0.25, 0.3) is 0 Å². The van der Waals surface area contributed by atoms with Crippen LogP contribution in [-0.2, 0) is 0 Å². The van der Waals surface area contributed by atoms with Gasteiger partial charge in [0.15, 0.2) is 0 Å². The van der Waals surface area contributed by atoms with E-state index < -0.39 is 0 Å². The van der Waals surface area contributed by atoms with E-state index in [0.29, 0.717) is 5.56 Å². The van der Waals surface area contributed by atoms with Crippen LogP contribution in [0.2, 0.25) is 0 Å². The monoisotopic (exact) mass is 271 g/mol. The molecule has 104 valence electrons. The van der Waals surface area contributed by atoms with Crippen LogP contribution in [0.5, 0.6) is 0 Å². The number of amides is 1. The van der Waals surface area contributed by atoms with E-state index in [2.05, 4.69) is 32.0 Å². The van der Waals surface area contributed by atoms with Crippen LogP contribution in [0.3, 0.4) is 0 Å². The lowest BCUT2D eigenvalue weighted by Gasteiger charge is -2.28. The summed E-state index contributed by atoms with van der Waals surface area (Å²) in [6, 6.07) is 7.95. The van der Waals surface area contributed by atoms with Crippen molar-refractivity contribution in [3.63, 3.8) is 0 Å². The zero-order valence-electron chi connectivity index (χ0n) is 11.2. The second-order valence-electron chi connectivity index (χ2n) is 4.96. The molecule has 1 N–H and O–H groups in total. The fourth-order valence-electron chi connectivity index (χ4n) is 2.43. The molecule has 1 aliphatic heterocycles. The summed E-state index contributed by atoms with van der Waals surface area (Å²) in [5.41, 5.74) is 2.41. The number of anilines is 2. The predicted molar refractivity (Wildman–Crippen MR) is 77.0 cm³/mol. The Kier molecular flexibility index (Phi) is 3.67. The van der Waals surface area contributed by atoms with Crippen LogP contribution < -0.4 is 10.2 Å². The molecule has 0 spiro atoms. The number of nitrogens with zero attached hydrogens (tertiary/aromatic N) is 2. The van der Waals surface area contributed by atoms with Gasteiger partial charge in [-0.25, -0.2) is 0 Å². The van der Waals surface area contributed by atoms with Crippen LogP contribution in [0.4, 0.5) is 11.4 Å². The van der Waals surface area contributed by atoms with Gasteiger partial charge in [-0.1, -0.05) is 5.16 Å². The lowest BCUT2D eigenvalue weighted by atomic mass is 10.1. The molecule has 20 heavy (non-hydrogen) atoms. The number of carbonyl (C=O) groups is 1. The van der Waals surface area contributed by atoms with Gasteiger partial charge in [0, 0.05) is 24.5 Å². The van der Waals surface area contributed by atoms with E-state index in [4.69, 9.17) is 0 Å². The quantitative estimate of drug-likeness (QED) is 0.932. The van der Waals surface area contributed by atoms with Gasteiger partial charge in [0.25, 0.3) is 5.91 Å². The summed E-state index contributed by atoms with van der Waals surface area (Å²) in [6.07, 6.45) is 6.57. The molecule has 0 saturated carbocycles. The SMILES string of the molecule is O=C(Nc1ccc(N2CCCCC2)cc1)c1cnoc1. The highest BCUT2D eigenvalue weighted by Gasteiger charge is 2.11. The summed E-state index contributed by atoms with van der Waals surface area (Å²) < 4.78 is 4.65. The summed E-state index contributed by atoms with van der Waals surface area (Å²) in [5, 5.41) is 6.33. The summed E-state index contributed by atoms with van der Waals surface area (Å²) in [6.45, 7) is 2.23. The fraction of sp³-hybridized carbons (Fsp3) is 0.333. The third-order valence-corrected chi connectivity index (χ3v) is 3.54. The molecule has 5 heteroatoms. The standard InChI is InChI=1S/C15H17N3O2/c19-15(12-10-16-20-11-12)17-13-4-6-14(7-5-13)18-8-2-1-3-9-18/h4-7,10-11H,1-3,8-9H2,(H,17,19). The van der Waals surface area contributed by atoms with Crippen molar-refractivity contribution in [1.82, 2.24) is 5.16 Å². The Hall–Kier alpha value is -2.30. The summed E-state index contributed by atoms with van der Waals surface area (Å²) in [4.78, 5) is 14.2. The molecule has 1 aromatic carbocycles. The second-order valence-corrected chi connectivity index (χ2v) is 4.96. The zero-order chi connectivity index (χ0) is 13.8. The van der Waals surface area contributed by atoms with Gasteiger partial charge < -0.3 is 14.7 Å². The van der Waals surface area contributed by atoms with E-state index in [-0.39, 0.29) is 5.91 Å². The largest absolute Gasteiger partial charge is 0.372 e. The van der Waals surface area contributed by atoms with Gasteiger partial charge in [-0.05, 0) is 43.5 Å². The van der Waals surface area contributed by atoms with E-state index in [0.717, 1.165) is 18.8 Å². The molecule has 2 heterocycles. The molecule has 1 fully saturated rings. The lowest BCUT2D eigenvalue weighted by molar-refractivity contribution is 0.102. The predicted octanol–water partition coefficient (Wildman–Crippen LogP) is 2.92. The first-order chi connectivity index (χ1) is 9.83. The number of hydrogen-bond donors (Lipinski definition) is 1. The maximum atomic E-state index is 11.8. The molecule has 0 atom stereocenters. The molecule has 2 aromatic rings. The van der Waals surface area contributed by atoms with Gasteiger partial charge in [0.1, 0.15) is 6.26 Å². The minimum Gasteiger partial charge on any atom is -0.372 e. The smallest absolute Gasteiger partial charge is 0.260 e. The molecular weight excluding hydrogens is 254 g/mol. The first-order valence-corrected chi connectivity index (χ1v) is 6.89. The molecule has 1 amide bonds. The molecule has 0 unspecified atom stereocenters. The molecular formula is C15H17N3O2. The number of nitrogens with one attached hydrogen (secondary N) is 1. The highest BCUT2D eigenvalue weighted by atomic mass is 16.5. The van der Waals surface area contributed by atoms with Gasteiger partial charge in [-0.3, -0.25) is 4.79 Å². The Bertz CT molecular complexity index is 557. The Balaban J connectivity index is 1.65. The van der Waals surface area contributed by atoms with Gasteiger partial charge in [-0.15, -0.1) is 0 Å². The third kappa shape index (κ3) is 2.82. The third-order valence-electron chi connectivity index (χ3n) is 3.54. The molecule has 1 saturated heterocycles. The lowest BCUT2D eigenvalue weighted by Crippen LogP contribution is -2.29. The van der Waals surface area contributed by atoms with E-state index >= 15 is 0 Å². The van der Waals surface area contributed by atoms with Crippen LogP contribution >= 0.6 is 0 Å². The van der Waals surface area contributed by atoms with Crippen molar-refractivity contribution in [2.24, 2.45) is 0 Å². The van der Waals surface area contributed by atoms with Crippen molar-refractivity contribution in [3.8, 4) is 0 Å². The second kappa shape index (κ2) is 5.77.